The minimum absolute atomic E-state index is 0.173. The van der Waals surface area contributed by atoms with Gasteiger partial charge in [0.15, 0.2) is 0 Å². The summed E-state index contributed by atoms with van der Waals surface area (Å²) in [6.07, 6.45) is 2.43. The van der Waals surface area contributed by atoms with Gasteiger partial charge in [-0.2, -0.15) is 0 Å². The van der Waals surface area contributed by atoms with Crippen LogP contribution in [0.2, 0.25) is 0 Å². The fourth-order valence-corrected chi connectivity index (χ4v) is 3.13. The summed E-state index contributed by atoms with van der Waals surface area (Å²) in [5.74, 6) is 0.329. The van der Waals surface area contributed by atoms with Crippen LogP contribution in [0.15, 0.2) is 35.3 Å². The van der Waals surface area contributed by atoms with Crippen molar-refractivity contribution in [3.8, 4) is 11.5 Å². The molecule has 0 aromatic heterocycles. The van der Waals surface area contributed by atoms with E-state index in [1.54, 1.807) is 18.2 Å². The monoisotopic (exact) mass is 380 g/mol. The first-order chi connectivity index (χ1) is 13.4. The van der Waals surface area contributed by atoms with Gasteiger partial charge in [-0.3, -0.25) is 9.59 Å². The number of rotatable bonds is 6. The lowest BCUT2D eigenvalue weighted by Crippen LogP contribution is -2.36. The number of fused-ring (bicyclic) bond motifs is 1. The topological polar surface area (TPSA) is 77.0 Å². The van der Waals surface area contributed by atoms with Gasteiger partial charge in [0.05, 0.1) is 25.5 Å². The highest BCUT2D eigenvalue weighted by atomic mass is 16.5. The van der Waals surface area contributed by atoms with E-state index in [-0.39, 0.29) is 17.7 Å². The fraction of sp³-hybridized carbons (Fsp3) is 0.318. The molecule has 1 N–H and O–H groups in total. The van der Waals surface area contributed by atoms with Crippen molar-refractivity contribution in [2.24, 2.45) is 10.9 Å². The van der Waals surface area contributed by atoms with Crippen LogP contribution >= 0.6 is 0 Å². The average molecular weight is 380 g/mol. The maximum Gasteiger partial charge on any atom is 0.253 e. The normalized spacial score (nSPS) is 15.1. The Hall–Kier alpha value is -3.15. The van der Waals surface area contributed by atoms with Crippen LogP contribution in [0, 0.1) is 19.8 Å². The van der Waals surface area contributed by atoms with Crippen molar-refractivity contribution in [3.05, 3.63) is 57.6 Å². The summed E-state index contributed by atoms with van der Waals surface area (Å²) in [4.78, 5) is 29.0. The first-order valence-electron chi connectivity index (χ1n) is 9.14. The van der Waals surface area contributed by atoms with Crippen LogP contribution in [-0.2, 0) is 4.79 Å². The molecule has 2 aromatic carbocycles. The van der Waals surface area contributed by atoms with E-state index in [4.69, 9.17) is 9.47 Å². The molecule has 0 saturated carbocycles. The average Bonchev–Trinajstić information content (AvgIpc) is 2.69. The molecule has 6 nitrogen and oxygen atoms in total. The Morgan fingerprint density at radius 1 is 1.04 bits per heavy atom. The SMILES string of the molecule is COc1cc(OC)cc(C(=O)NCCC2C=c3cc(C)c(C)cc3=NC2=O)c1. The lowest BCUT2D eigenvalue weighted by molar-refractivity contribution is -0.120. The van der Waals surface area contributed by atoms with Gasteiger partial charge in [0.2, 0.25) is 0 Å². The highest BCUT2D eigenvalue weighted by molar-refractivity contribution is 5.95. The largest absolute Gasteiger partial charge is 0.497 e. The summed E-state index contributed by atoms with van der Waals surface area (Å²) in [7, 11) is 3.07. The van der Waals surface area contributed by atoms with E-state index in [0.717, 1.165) is 16.1 Å². The Kier molecular flexibility index (Phi) is 5.78. The van der Waals surface area contributed by atoms with Crippen LogP contribution in [-0.4, -0.2) is 32.6 Å². The second kappa shape index (κ2) is 8.25. The van der Waals surface area contributed by atoms with Crippen LogP contribution < -0.4 is 25.4 Å². The van der Waals surface area contributed by atoms with Crippen LogP contribution in [0.4, 0.5) is 0 Å². The van der Waals surface area contributed by atoms with E-state index in [1.165, 1.54) is 19.8 Å². The van der Waals surface area contributed by atoms with Crippen LogP contribution in [0.1, 0.15) is 27.9 Å². The van der Waals surface area contributed by atoms with E-state index in [2.05, 4.69) is 16.4 Å². The first-order valence-corrected chi connectivity index (χ1v) is 9.14. The molecule has 1 atom stereocenters. The van der Waals surface area contributed by atoms with Gasteiger partial charge in [-0.05, 0) is 60.9 Å². The van der Waals surface area contributed by atoms with Crippen molar-refractivity contribution in [1.29, 1.82) is 0 Å². The number of amides is 2. The van der Waals surface area contributed by atoms with Gasteiger partial charge in [0.25, 0.3) is 11.8 Å². The van der Waals surface area contributed by atoms with Crippen molar-refractivity contribution in [2.75, 3.05) is 20.8 Å². The van der Waals surface area contributed by atoms with Gasteiger partial charge < -0.3 is 14.8 Å². The molecule has 1 aliphatic rings. The Morgan fingerprint density at radius 3 is 2.32 bits per heavy atom. The molecule has 0 saturated heterocycles. The van der Waals surface area contributed by atoms with Gasteiger partial charge in [0.1, 0.15) is 11.5 Å². The number of hydrogen-bond donors (Lipinski definition) is 1. The summed E-state index contributed by atoms with van der Waals surface area (Å²) in [5.41, 5.74) is 2.72. The quantitative estimate of drug-likeness (QED) is 0.828. The zero-order chi connectivity index (χ0) is 20.3. The fourth-order valence-electron chi connectivity index (χ4n) is 3.13. The molecule has 0 bridgehead atoms. The number of carbonyl (C=O) groups excluding carboxylic acids is 2. The zero-order valence-electron chi connectivity index (χ0n) is 16.5. The minimum Gasteiger partial charge on any atom is -0.497 e. The van der Waals surface area contributed by atoms with Gasteiger partial charge in [-0.15, -0.1) is 0 Å². The van der Waals surface area contributed by atoms with Gasteiger partial charge in [0, 0.05) is 18.2 Å². The summed E-state index contributed by atoms with van der Waals surface area (Å²) in [5, 5.41) is 4.54. The lowest BCUT2D eigenvalue weighted by Gasteiger charge is -2.14. The first kappa shape index (κ1) is 19.6. The third-order valence-corrected chi connectivity index (χ3v) is 4.93. The second-order valence-electron chi connectivity index (χ2n) is 6.86. The smallest absolute Gasteiger partial charge is 0.253 e. The summed E-state index contributed by atoms with van der Waals surface area (Å²) >= 11 is 0. The highest BCUT2D eigenvalue weighted by Gasteiger charge is 2.19. The van der Waals surface area contributed by atoms with Gasteiger partial charge in [-0.25, -0.2) is 4.99 Å². The molecule has 146 valence electrons. The Morgan fingerprint density at radius 2 is 1.68 bits per heavy atom. The third-order valence-electron chi connectivity index (χ3n) is 4.93. The van der Waals surface area contributed by atoms with Crippen molar-refractivity contribution in [3.63, 3.8) is 0 Å². The van der Waals surface area contributed by atoms with E-state index in [0.29, 0.717) is 30.0 Å². The molecule has 0 spiro atoms. The molecule has 0 aliphatic carbocycles. The molecule has 1 unspecified atom stereocenters. The van der Waals surface area contributed by atoms with E-state index in [9.17, 15) is 9.59 Å². The number of nitrogens with one attached hydrogen (secondary N) is 1. The van der Waals surface area contributed by atoms with E-state index < -0.39 is 0 Å². The van der Waals surface area contributed by atoms with Crippen LogP contribution in [0.3, 0.4) is 0 Å². The number of methoxy groups -OCH3 is 2. The van der Waals surface area contributed by atoms with E-state index in [1.807, 2.05) is 26.0 Å². The summed E-state index contributed by atoms with van der Waals surface area (Å²) in [6.45, 7) is 4.41. The molecule has 2 amide bonds. The van der Waals surface area contributed by atoms with E-state index >= 15 is 0 Å². The minimum atomic E-state index is -0.338. The molecular formula is C22H24N2O4. The molecule has 1 aliphatic heterocycles. The Bertz CT molecular complexity index is 1020. The van der Waals surface area contributed by atoms with Gasteiger partial charge >= 0.3 is 0 Å². The number of ether oxygens (including phenoxy) is 2. The zero-order valence-corrected chi connectivity index (χ0v) is 16.5. The number of carbonyl (C=O) groups is 2. The molecule has 28 heavy (non-hydrogen) atoms. The molecule has 2 aromatic rings. The molecule has 3 rings (SSSR count). The standard InChI is InChI=1S/C22H24N2O4/c1-13-7-16-9-15(22(26)24-20(16)8-14(13)2)5-6-23-21(25)17-10-18(27-3)12-19(11-17)28-4/h7-12,15H,5-6H2,1-4H3,(H,23,25). The van der Waals surface area contributed by atoms with Gasteiger partial charge in [-0.1, -0.05) is 6.08 Å². The number of aryl methyl sites for hydroxylation is 2. The van der Waals surface area contributed by atoms with Crippen molar-refractivity contribution < 1.29 is 19.1 Å². The third kappa shape index (κ3) is 4.22. The van der Waals surface area contributed by atoms with Crippen LogP contribution in [0.25, 0.3) is 6.08 Å². The second-order valence-corrected chi connectivity index (χ2v) is 6.86. The van der Waals surface area contributed by atoms with Crippen LogP contribution in [0.5, 0.6) is 11.5 Å². The molecule has 6 heteroatoms. The predicted molar refractivity (Wildman–Crippen MR) is 106 cm³/mol. The van der Waals surface area contributed by atoms with Crippen molar-refractivity contribution >= 4 is 17.9 Å². The maximum atomic E-state index is 12.4. The predicted octanol–water partition coefficient (Wildman–Crippen LogP) is 1.70. The summed E-state index contributed by atoms with van der Waals surface area (Å²) < 4.78 is 10.4. The number of nitrogens with zero attached hydrogens (tertiary/aromatic N) is 1. The highest BCUT2D eigenvalue weighted by Crippen LogP contribution is 2.22. The van der Waals surface area contributed by atoms with Crippen molar-refractivity contribution in [1.82, 2.24) is 5.32 Å². The maximum absolute atomic E-state index is 12.4. The number of hydrogen-bond acceptors (Lipinski definition) is 4. The Balaban J connectivity index is 1.68. The molecular weight excluding hydrogens is 356 g/mol. The van der Waals surface area contributed by atoms with Crippen molar-refractivity contribution in [2.45, 2.75) is 20.3 Å². The number of benzene rings is 2. The summed E-state index contributed by atoms with van der Waals surface area (Å²) in [6, 6.07) is 8.98. The molecule has 1 heterocycles. The molecule has 0 radical (unpaired) electrons. The molecule has 0 fully saturated rings. The Labute approximate surface area is 163 Å². The lowest BCUT2D eigenvalue weighted by atomic mass is 9.98.